The lowest BCUT2D eigenvalue weighted by Gasteiger charge is -2.34. The molecule has 0 N–H and O–H groups in total. The SMILES string of the molecule is CC1=C(CCCCCCN2CCN(C(=O)c3ccccc3F)CC2)C(=O)N(c2ccc(C#N)c(C(F)(F)F)c2)C1=O. The highest BCUT2D eigenvalue weighted by molar-refractivity contribution is 6.32. The second kappa shape index (κ2) is 12.6. The molecule has 3 amide bonds. The molecule has 0 radical (unpaired) electrons. The number of carbonyl (C=O) groups excluding carboxylic acids is 3. The number of rotatable bonds is 9. The Morgan fingerprint density at radius 1 is 0.951 bits per heavy atom. The van der Waals surface area contributed by atoms with Crippen LogP contribution in [0, 0.1) is 17.1 Å². The molecule has 1 fully saturated rings. The second-order valence-corrected chi connectivity index (χ2v) is 10.2. The number of alkyl halides is 3. The third-order valence-corrected chi connectivity index (χ3v) is 7.54. The van der Waals surface area contributed by atoms with E-state index in [0.29, 0.717) is 50.7 Å². The van der Waals surface area contributed by atoms with E-state index >= 15 is 0 Å². The first-order valence-corrected chi connectivity index (χ1v) is 13.5. The Balaban J connectivity index is 1.21. The zero-order valence-electron chi connectivity index (χ0n) is 22.6. The van der Waals surface area contributed by atoms with E-state index in [0.717, 1.165) is 36.8 Å². The lowest BCUT2D eigenvalue weighted by molar-refractivity contribution is -0.138. The van der Waals surface area contributed by atoms with Gasteiger partial charge in [0.05, 0.1) is 28.4 Å². The molecule has 0 aliphatic carbocycles. The van der Waals surface area contributed by atoms with Gasteiger partial charge in [-0.2, -0.15) is 18.4 Å². The first-order chi connectivity index (χ1) is 19.5. The summed E-state index contributed by atoms with van der Waals surface area (Å²) in [6, 6.07) is 10.3. The van der Waals surface area contributed by atoms with Gasteiger partial charge in [0.25, 0.3) is 17.7 Å². The molecule has 0 atom stereocenters. The molecule has 41 heavy (non-hydrogen) atoms. The Morgan fingerprint density at radius 2 is 1.63 bits per heavy atom. The number of hydrogen-bond acceptors (Lipinski definition) is 5. The van der Waals surface area contributed by atoms with Crippen LogP contribution in [0.25, 0.3) is 0 Å². The number of piperazine rings is 1. The van der Waals surface area contributed by atoms with Crippen molar-refractivity contribution in [3.8, 4) is 6.07 Å². The van der Waals surface area contributed by atoms with Gasteiger partial charge in [0.15, 0.2) is 0 Å². The summed E-state index contributed by atoms with van der Waals surface area (Å²) in [5.41, 5.74) is -1.39. The first-order valence-electron chi connectivity index (χ1n) is 13.5. The molecule has 0 spiro atoms. The Morgan fingerprint density at radius 3 is 2.29 bits per heavy atom. The molecule has 0 aromatic heterocycles. The van der Waals surface area contributed by atoms with Crippen LogP contribution in [0.1, 0.15) is 60.5 Å². The third kappa shape index (κ3) is 6.65. The van der Waals surface area contributed by atoms with Crippen molar-refractivity contribution in [1.82, 2.24) is 9.80 Å². The molecule has 2 aliphatic rings. The van der Waals surface area contributed by atoms with Gasteiger partial charge in [-0.1, -0.05) is 25.0 Å². The fourth-order valence-electron chi connectivity index (χ4n) is 5.19. The molecule has 2 aliphatic heterocycles. The highest BCUT2D eigenvalue weighted by atomic mass is 19.4. The van der Waals surface area contributed by atoms with Gasteiger partial charge in [-0.05, 0) is 63.1 Å². The minimum Gasteiger partial charge on any atom is -0.336 e. The minimum absolute atomic E-state index is 0.0832. The van der Waals surface area contributed by atoms with Crippen LogP contribution in [0.2, 0.25) is 0 Å². The van der Waals surface area contributed by atoms with Crippen LogP contribution in [-0.4, -0.2) is 60.2 Å². The van der Waals surface area contributed by atoms with Gasteiger partial charge in [-0.3, -0.25) is 19.3 Å². The number of benzene rings is 2. The summed E-state index contributed by atoms with van der Waals surface area (Å²) < 4.78 is 54.1. The normalized spacial score (nSPS) is 16.5. The van der Waals surface area contributed by atoms with E-state index in [9.17, 15) is 31.9 Å². The Kier molecular flexibility index (Phi) is 9.23. The largest absolute Gasteiger partial charge is 0.417 e. The molecular weight excluding hydrogens is 540 g/mol. The quantitative estimate of drug-likeness (QED) is 0.232. The zero-order valence-corrected chi connectivity index (χ0v) is 22.6. The van der Waals surface area contributed by atoms with Gasteiger partial charge in [0.2, 0.25) is 0 Å². The van der Waals surface area contributed by atoms with Crippen LogP contribution in [0.3, 0.4) is 0 Å². The van der Waals surface area contributed by atoms with E-state index in [-0.39, 0.29) is 22.7 Å². The van der Waals surface area contributed by atoms with Crippen LogP contribution in [0.15, 0.2) is 53.6 Å². The summed E-state index contributed by atoms with van der Waals surface area (Å²) in [5, 5.41) is 9.00. The number of nitrogens with zero attached hydrogens (tertiary/aromatic N) is 4. The summed E-state index contributed by atoms with van der Waals surface area (Å²) in [4.78, 5) is 43.0. The highest BCUT2D eigenvalue weighted by Gasteiger charge is 2.39. The smallest absolute Gasteiger partial charge is 0.336 e. The lowest BCUT2D eigenvalue weighted by Crippen LogP contribution is -2.49. The molecular formula is C30H30F4N4O3. The van der Waals surface area contributed by atoms with Crippen LogP contribution in [-0.2, 0) is 15.8 Å². The maximum Gasteiger partial charge on any atom is 0.417 e. The first kappa shape index (κ1) is 29.9. The van der Waals surface area contributed by atoms with E-state index in [1.54, 1.807) is 17.0 Å². The number of anilines is 1. The van der Waals surface area contributed by atoms with Crippen molar-refractivity contribution in [3.63, 3.8) is 0 Å². The van der Waals surface area contributed by atoms with Gasteiger partial charge in [-0.15, -0.1) is 0 Å². The molecule has 1 saturated heterocycles. The van der Waals surface area contributed by atoms with Crippen molar-refractivity contribution < 1.29 is 31.9 Å². The van der Waals surface area contributed by atoms with Gasteiger partial charge >= 0.3 is 6.18 Å². The van der Waals surface area contributed by atoms with Gasteiger partial charge in [0, 0.05) is 37.3 Å². The molecule has 11 heteroatoms. The van der Waals surface area contributed by atoms with Crippen molar-refractivity contribution in [2.24, 2.45) is 0 Å². The van der Waals surface area contributed by atoms with Gasteiger partial charge < -0.3 is 4.90 Å². The molecule has 4 rings (SSSR count). The molecule has 2 heterocycles. The maximum absolute atomic E-state index is 13.9. The van der Waals surface area contributed by atoms with E-state index in [2.05, 4.69) is 4.90 Å². The number of nitriles is 1. The summed E-state index contributed by atoms with van der Waals surface area (Å²) >= 11 is 0. The van der Waals surface area contributed by atoms with Crippen LogP contribution in [0.5, 0.6) is 0 Å². The summed E-state index contributed by atoms with van der Waals surface area (Å²) in [7, 11) is 0. The summed E-state index contributed by atoms with van der Waals surface area (Å²) in [6.45, 7) is 4.79. The van der Waals surface area contributed by atoms with E-state index < -0.39 is 34.9 Å². The van der Waals surface area contributed by atoms with E-state index in [4.69, 9.17) is 5.26 Å². The fraction of sp³-hybridized carbons (Fsp3) is 0.400. The predicted octanol–water partition coefficient (Wildman–Crippen LogP) is 5.31. The number of halogens is 4. The van der Waals surface area contributed by atoms with Crippen LogP contribution >= 0.6 is 0 Å². The molecule has 216 valence electrons. The Hall–Kier alpha value is -4.04. The number of hydrogen-bond donors (Lipinski definition) is 0. The van der Waals surface area contributed by atoms with Crippen molar-refractivity contribution >= 4 is 23.4 Å². The highest BCUT2D eigenvalue weighted by Crippen LogP contribution is 2.37. The molecule has 0 unspecified atom stereocenters. The van der Waals surface area contributed by atoms with E-state index in [1.807, 2.05) is 0 Å². The van der Waals surface area contributed by atoms with Crippen LogP contribution in [0.4, 0.5) is 23.2 Å². The maximum atomic E-state index is 13.9. The topological polar surface area (TPSA) is 84.7 Å². The van der Waals surface area contributed by atoms with Crippen molar-refractivity contribution in [2.45, 2.75) is 45.2 Å². The second-order valence-electron chi connectivity index (χ2n) is 10.2. The Labute approximate surface area is 235 Å². The number of unbranched alkanes of at least 4 members (excludes halogenated alkanes) is 3. The minimum atomic E-state index is -4.80. The average molecular weight is 571 g/mol. The number of amides is 3. The summed E-state index contributed by atoms with van der Waals surface area (Å²) in [5.74, 6) is -2.11. The number of imide groups is 1. The third-order valence-electron chi connectivity index (χ3n) is 7.54. The summed E-state index contributed by atoms with van der Waals surface area (Å²) in [6.07, 6.45) is -1.22. The Bertz CT molecular complexity index is 1410. The van der Waals surface area contributed by atoms with Gasteiger partial charge in [-0.25, -0.2) is 9.29 Å². The fourth-order valence-corrected chi connectivity index (χ4v) is 5.19. The molecule has 2 aromatic rings. The molecule has 0 bridgehead atoms. The lowest BCUT2D eigenvalue weighted by atomic mass is 10.0. The van der Waals surface area contributed by atoms with E-state index in [1.165, 1.54) is 31.2 Å². The predicted molar refractivity (Wildman–Crippen MR) is 143 cm³/mol. The zero-order chi connectivity index (χ0) is 29.7. The molecule has 2 aromatic carbocycles. The number of carbonyl (C=O) groups is 3. The van der Waals surface area contributed by atoms with Crippen molar-refractivity contribution in [1.29, 1.82) is 5.26 Å². The van der Waals surface area contributed by atoms with Crippen LogP contribution < -0.4 is 4.90 Å². The molecule has 0 saturated carbocycles. The monoisotopic (exact) mass is 570 g/mol. The van der Waals surface area contributed by atoms with Crippen molar-refractivity contribution in [2.75, 3.05) is 37.6 Å². The molecule has 7 nitrogen and oxygen atoms in total. The van der Waals surface area contributed by atoms with Crippen molar-refractivity contribution in [3.05, 3.63) is 76.1 Å². The average Bonchev–Trinajstić information content (AvgIpc) is 3.17. The van der Waals surface area contributed by atoms with Gasteiger partial charge in [0.1, 0.15) is 5.82 Å². The standard InChI is InChI=1S/C30H30F4N4O3/c1-20-23(29(41)38(27(20)39)22-12-11-21(19-35)25(18-22)30(32,33)34)8-4-2-3-7-13-36-14-16-37(17-15-36)28(40)24-9-5-6-10-26(24)31/h5-6,9-12,18H,2-4,7-8,13-17H2,1H3.